The number of aliphatic imine (C=N–C) groups is 1. The van der Waals surface area contributed by atoms with E-state index in [-0.39, 0.29) is 5.91 Å². The van der Waals surface area contributed by atoms with Crippen molar-refractivity contribution in [3.8, 4) is 0 Å². The van der Waals surface area contributed by atoms with Gasteiger partial charge in [-0.25, -0.2) is 0 Å². The number of aromatic nitrogens is 1. The second kappa shape index (κ2) is 7.52. The lowest BCUT2D eigenvalue weighted by molar-refractivity contribution is -0.113. The Bertz CT molecular complexity index is 1120. The molecule has 4 nitrogen and oxygen atoms in total. The monoisotopic (exact) mass is 433 g/mol. The number of amides is 1. The van der Waals surface area contributed by atoms with Crippen LogP contribution < -0.4 is 5.32 Å². The maximum atomic E-state index is 12.3. The predicted molar refractivity (Wildman–Crippen MR) is 115 cm³/mol. The molecule has 0 atom stereocenters. The zero-order chi connectivity index (χ0) is 19.0. The maximum absolute atomic E-state index is 12.3. The van der Waals surface area contributed by atoms with Crippen LogP contribution >= 0.6 is 46.6 Å². The van der Waals surface area contributed by atoms with Crippen molar-refractivity contribution >= 4 is 80.3 Å². The third-order valence-corrected chi connectivity index (χ3v) is 5.68. The van der Waals surface area contributed by atoms with Crippen LogP contribution in [0.3, 0.4) is 0 Å². The molecule has 27 heavy (non-hydrogen) atoms. The van der Waals surface area contributed by atoms with E-state index in [1.807, 2.05) is 18.2 Å². The molecule has 1 aliphatic heterocycles. The highest BCUT2D eigenvalue weighted by Crippen LogP contribution is 2.35. The standard InChI is InChI=1S/C19H10Cl3N3OS/c20-12-6-7-23-15-5-4-10(8-11(12)15)9-16-18(26)25-19(27-16)24-17-13(21)2-1-3-14(17)22/h1-9H,(H,24,25,26). The number of carbonyl (C=O) groups is 1. The lowest BCUT2D eigenvalue weighted by Crippen LogP contribution is -2.05. The lowest BCUT2D eigenvalue weighted by atomic mass is 10.1. The van der Waals surface area contributed by atoms with E-state index >= 15 is 0 Å². The number of nitrogens with one attached hydrogen (secondary N) is 1. The Morgan fingerprint density at radius 2 is 1.78 bits per heavy atom. The number of hydrogen-bond acceptors (Lipinski definition) is 4. The molecule has 4 rings (SSSR count). The maximum Gasteiger partial charge on any atom is 0.286 e. The molecule has 1 amide bonds. The van der Waals surface area contributed by atoms with Crippen LogP contribution in [0.5, 0.6) is 0 Å². The summed E-state index contributed by atoms with van der Waals surface area (Å²) in [6, 6.07) is 12.5. The van der Waals surface area contributed by atoms with Gasteiger partial charge in [-0.05, 0) is 53.7 Å². The van der Waals surface area contributed by atoms with Crippen molar-refractivity contribution in [1.82, 2.24) is 4.98 Å². The molecule has 0 unspecified atom stereocenters. The summed E-state index contributed by atoms with van der Waals surface area (Å²) in [5.41, 5.74) is 2.15. The number of para-hydroxylation sites is 1. The zero-order valence-electron chi connectivity index (χ0n) is 13.5. The third-order valence-electron chi connectivity index (χ3n) is 3.83. The number of nitrogens with zero attached hydrogens (tertiary/aromatic N) is 2. The van der Waals surface area contributed by atoms with E-state index in [1.54, 1.807) is 36.5 Å². The molecular formula is C19H10Cl3N3OS. The Kier molecular flexibility index (Phi) is 5.10. The molecule has 134 valence electrons. The topological polar surface area (TPSA) is 54.4 Å². The molecule has 0 fully saturated rings. The molecule has 0 aliphatic carbocycles. The van der Waals surface area contributed by atoms with E-state index in [1.165, 1.54) is 11.8 Å². The van der Waals surface area contributed by atoms with Crippen LogP contribution in [0.15, 0.2) is 58.6 Å². The Hall–Kier alpha value is -2.05. The van der Waals surface area contributed by atoms with Gasteiger partial charge in [0.15, 0.2) is 5.17 Å². The van der Waals surface area contributed by atoms with Crippen LogP contribution in [0, 0.1) is 0 Å². The number of thioether (sulfide) groups is 1. The summed E-state index contributed by atoms with van der Waals surface area (Å²) in [6.07, 6.45) is 3.42. The number of amidine groups is 1. The second-order valence-corrected chi connectivity index (χ2v) is 7.88. The van der Waals surface area contributed by atoms with Crippen LogP contribution in [-0.2, 0) is 4.79 Å². The van der Waals surface area contributed by atoms with Gasteiger partial charge in [-0.2, -0.15) is 4.99 Å². The predicted octanol–water partition coefficient (Wildman–Crippen LogP) is 6.28. The quantitative estimate of drug-likeness (QED) is 0.482. The van der Waals surface area contributed by atoms with E-state index in [0.29, 0.717) is 30.8 Å². The van der Waals surface area contributed by atoms with Crippen LogP contribution in [0.25, 0.3) is 17.0 Å². The van der Waals surface area contributed by atoms with E-state index in [2.05, 4.69) is 15.3 Å². The number of carbonyl (C=O) groups excluding carboxylic acids is 1. The smallest absolute Gasteiger partial charge is 0.286 e. The van der Waals surface area contributed by atoms with E-state index < -0.39 is 0 Å². The summed E-state index contributed by atoms with van der Waals surface area (Å²) in [5.74, 6) is -0.331. The van der Waals surface area contributed by atoms with Crippen LogP contribution in [0.2, 0.25) is 15.1 Å². The van der Waals surface area contributed by atoms with Crippen molar-refractivity contribution < 1.29 is 4.79 Å². The highest BCUT2D eigenvalue weighted by atomic mass is 35.5. The first-order valence-corrected chi connectivity index (χ1v) is 9.74. The van der Waals surface area contributed by atoms with Crippen molar-refractivity contribution in [2.75, 3.05) is 5.32 Å². The van der Waals surface area contributed by atoms with Crippen molar-refractivity contribution in [2.45, 2.75) is 0 Å². The van der Waals surface area contributed by atoms with Gasteiger partial charge in [-0.3, -0.25) is 9.78 Å². The van der Waals surface area contributed by atoms with Crippen LogP contribution in [-0.4, -0.2) is 16.1 Å². The average molecular weight is 435 g/mol. The first-order valence-electron chi connectivity index (χ1n) is 7.79. The fraction of sp³-hybridized carbons (Fsp3) is 0. The van der Waals surface area contributed by atoms with Gasteiger partial charge in [-0.1, -0.05) is 46.9 Å². The minimum atomic E-state index is -0.331. The van der Waals surface area contributed by atoms with Gasteiger partial charge < -0.3 is 5.32 Å². The normalized spacial score (nSPS) is 15.4. The molecule has 3 aromatic rings. The lowest BCUT2D eigenvalue weighted by Gasteiger charge is -2.08. The van der Waals surface area contributed by atoms with Gasteiger partial charge in [0.2, 0.25) is 0 Å². The number of anilines is 1. The average Bonchev–Trinajstić information content (AvgIpc) is 2.98. The summed E-state index contributed by atoms with van der Waals surface area (Å²) in [4.78, 5) is 21.0. The molecule has 0 saturated carbocycles. The van der Waals surface area contributed by atoms with Gasteiger partial charge >= 0.3 is 0 Å². The van der Waals surface area contributed by atoms with Crippen LogP contribution in [0.1, 0.15) is 5.56 Å². The van der Waals surface area contributed by atoms with Crippen molar-refractivity contribution in [3.63, 3.8) is 0 Å². The van der Waals surface area contributed by atoms with Crippen LogP contribution in [0.4, 0.5) is 5.69 Å². The Balaban J connectivity index is 1.60. The zero-order valence-corrected chi connectivity index (χ0v) is 16.6. The Morgan fingerprint density at radius 1 is 1.00 bits per heavy atom. The van der Waals surface area contributed by atoms with Gasteiger partial charge in [0, 0.05) is 11.6 Å². The summed E-state index contributed by atoms with van der Waals surface area (Å²) >= 11 is 19.8. The second-order valence-electron chi connectivity index (χ2n) is 5.62. The fourth-order valence-corrected chi connectivity index (χ4v) is 4.08. The van der Waals surface area contributed by atoms with E-state index in [0.717, 1.165) is 16.5 Å². The number of benzene rings is 2. The van der Waals surface area contributed by atoms with E-state index in [4.69, 9.17) is 34.8 Å². The molecule has 0 saturated heterocycles. The third kappa shape index (κ3) is 3.82. The summed E-state index contributed by atoms with van der Waals surface area (Å²) < 4.78 is 0. The molecular weight excluding hydrogens is 425 g/mol. The van der Waals surface area contributed by atoms with Crippen molar-refractivity contribution in [2.24, 2.45) is 4.99 Å². The molecule has 8 heteroatoms. The molecule has 2 aromatic carbocycles. The van der Waals surface area contributed by atoms with E-state index in [9.17, 15) is 4.79 Å². The number of pyridine rings is 1. The number of rotatable bonds is 2. The molecule has 1 aromatic heterocycles. The number of halogens is 3. The highest BCUT2D eigenvalue weighted by Gasteiger charge is 2.23. The first-order chi connectivity index (χ1) is 13.0. The number of hydrogen-bond donors (Lipinski definition) is 1. The Labute approximate surface area is 174 Å². The van der Waals surface area contributed by atoms with Gasteiger partial charge in [0.05, 0.1) is 31.2 Å². The van der Waals surface area contributed by atoms with Crippen molar-refractivity contribution in [3.05, 3.63) is 74.2 Å². The van der Waals surface area contributed by atoms with Crippen molar-refractivity contribution in [1.29, 1.82) is 0 Å². The highest BCUT2D eigenvalue weighted by molar-refractivity contribution is 8.18. The summed E-state index contributed by atoms with van der Waals surface area (Å²) in [5, 5.41) is 5.77. The van der Waals surface area contributed by atoms with Gasteiger partial charge in [0.1, 0.15) is 0 Å². The number of fused-ring (bicyclic) bond motifs is 1. The first kappa shape index (κ1) is 18.3. The largest absolute Gasteiger partial charge is 0.332 e. The molecule has 2 heterocycles. The molecule has 0 bridgehead atoms. The molecule has 1 aliphatic rings. The van der Waals surface area contributed by atoms with Gasteiger partial charge in [0.25, 0.3) is 5.91 Å². The fourth-order valence-electron chi connectivity index (χ4n) is 2.56. The summed E-state index contributed by atoms with van der Waals surface area (Å²) in [6.45, 7) is 0. The SMILES string of the molecule is O=C1N=C(Nc2c(Cl)cccc2Cl)SC1=Cc1ccc2nccc(Cl)c2c1. The summed E-state index contributed by atoms with van der Waals surface area (Å²) in [7, 11) is 0. The Morgan fingerprint density at radius 3 is 2.56 bits per heavy atom. The molecule has 0 spiro atoms. The molecule has 0 radical (unpaired) electrons. The minimum Gasteiger partial charge on any atom is -0.332 e. The van der Waals surface area contributed by atoms with Gasteiger partial charge in [-0.15, -0.1) is 0 Å². The minimum absolute atomic E-state index is 0.331. The molecule has 1 N–H and O–H groups in total.